The maximum absolute atomic E-state index is 14.4. The maximum Gasteiger partial charge on any atom is 0.411 e. The topological polar surface area (TPSA) is 58.0 Å². The molecule has 0 bridgehead atoms. The van der Waals surface area contributed by atoms with Crippen LogP contribution in [0, 0.1) is 0 Å². The predicted molar refractivity (Wildman–Crippen MR) is 172 cm³/mol. The molecule has 1 aromatic heterocycles. The van der Waals surface area contributed by atoms with Crippen LogP contribution in [-0.4, -0.2) is 75.1 Å². The van der Waals surface area contributed by atoms with Gasteiger partial charge in [-0.3, -0.25) is 14.6 Å². The number of rotatable bonds is 5. The summed E-state index contributed by atoms with van der Waals surface area (Å²) in [5.41, 5.74) is 3.97. The van der Waals surface area contributed by atoms with Crippen LogP contribution in [0.2, 0.25) is 0 Å². The van der Waals surface area contributed by atoms with Crippen molar-refractivity contribution in [2.45, 2.75) is 77.7 Å². The molecule has 3 heterocycles. The van der Waals surface area contributed by atoms with E-state index in [-0.39, 0.29) is 18.0 Å². The summed E-state index contributed by atoms with van der Waals surface area (Å²) >= 11 is 0. The summed E-state index contributed by atoms with van der Waals surface area (Å²) in [5.74, 6) is -0.0112. The van der Waals surface area contributed by atoms with Gasteiger partial charge in [0.25, 0.3) is 5.91 Å². The highest BCUT2D eigenvalue weighted by Crippen LogP contribution is 2.35. The second-order valence-corrected chi connectivity index (χ2v) is 13.3. The number of carbonyl (C=O) groups is 2. The highest BCUT2D eigenvalue weighted by Gasteiger charge is 2.43. The van der Waals surface area contributed by atoms with Crippen LogP contribution in [-0.2, 0) is 22.5 Å². The molecular weight excluding hydrogens is 536 g/mol. The molecule has 3 atom stereocenters. The normalized spacial score (nSPS) is 21.3. The minimum atomic E-state index is -0.674. The number of aryl methyl sites for hydroxylation is 1. The van der Waals surface area contributed by atoms with Crippen molar-refractivity contribution in [1.82, 2.24) is 19.3 Å². The van der Waals surface area contributed by atoms with Crippen molar-refractivity contribution < 1.29 is 14.3 Å². The Balaban J connectivity index is 1.16. The molecule has 0 aliphatic carbocycles. The van der Waals surface area contributed by atoms with E-state index in [1.165, 1.54) is 21.8 Å². The zero-order chi connectivity index (χ0) is 30.3. The number of para-hydroxylation sites is 2. The summed E-state index contributed by atoms with van der Waals surface area (Å²) in [6, 6.07) is 24.7. The van der Waals surface area contributed by atoms with Gasteiger partial charge in [-0.15, -0.1) is 0 Å². The number of amides is 2. The van der Waals surface area contributed by atoms with Crippen LogP contribution in [0.4, 0.5) is 4.79 Å². The van der Waals surface area contributed by atoms with E-state index in [4.69, 9.17) is 4.74 Å². The van der Waals surface area contributed by atoms with Gasteiger partial charge >= 0.3 is 6.09 Å². The minimum absolute atomic E-state index is 0.0112. The van der Waals surface area contributed by atoms with Gasteiger partial charge in [0.1, 0.15) is 11.6 Å². The Bertz CT molecular complexity index is 1570. The van der Waals surface area contributed by atoms with E-state index in [2.05, 4.69) is 77.9 Å². The lowest BCUT2D eigenvalue weighted by Crippen LogP contribution is -2.61. The standard InChI is InChI=1S/C36H44N4O3/c1-25-23-37(20-12-21-38-31-17-10-8-15-29(31)30-16-9-11-18-32(30)38)24-26(2)40(25)34(41)33-28-14-7-6-13-27(28)19-22-39(33)35(42)43-36(3,4)5/h6-11,13-18,25-26,33H,12,19-24H2,1-5H3/t25-,26+,33?. The first-order valence-electron chi connectivity index (χ1n) is 15.7. The van der Waals surface area contributed by atoms with E-state index < -0.39 is 17.7 Å². The smallest absolute Gasteiger partial charge is 0.411 e. The number of aromatic nitrogens is 1. The molecule has 0 saturated carbocycles. The number of piperazine rings is 1. The quantitative estimate of drug-likeness (QED) is 0.266. The van der Waals surface area contributed by atoms with Crippen molar-refractivity contribution in [3.8, 4) is 0 Å². The van der Waals surface area contributed by atoms with Gasteiger partial charge in [0.05, 0.1) is 0 Å². The number of ether oxygens (including phenoxy) is 1. The fourth-order valence-corrected chi connectivity index (χ4v) is 7.24. The molecule has 7 heteroatoms. The Labute approximate surface area is 255 Å². The van der Waals surface area contributed by atoms with Crippen LogP contribution in [0.25, 0.3) is 21.8 Å². The molecule has 2 aliphatic rings. The van der Waals surface area contributed by atoms with Crippen LogP contribution in [0.1, 0.15) is 58.2 Å². The summed E-state index contributed by atoms with van der Waals surface area (Å²) in [7, 11) is 0. The van der Waals surface area contributed by atoms with Crippen molar-refractivity contribution in [2.75, 3.05) is 26.2 Å². The van der Waals surface area contributed by atoms with Crippen LogP contribution in [0.15, 0.2) is 72.8 Å². The first-order valence-corrected chi connectivity index (χ1v) is 15.7. The van der Waals surface area contributed by atoms with Crippen LogP contribution >= 0.6 is 0 Å². The molecule has 6 rings (SSSR count). The summed E-state index contributed by atoms with van der Waals surface area (Å²) in [6.45, 7) is 13.9. The van der Waals surface area contributed by atoms with Crippen LogP contribution < -0.4 is 0 Å². The molecule has 0 N–H and O–H groups in total. The lowest BCUT2D eigenvalue weighted by molar-refractivity contribution is -0.145. The Hall–Kier alpha value is -3.84. The molecule has 4 aromatic rings. The Kier molecular flexibility index (Phi) is 7.94. The molecule has 3 aromatic carbocycles. The Morgan fingerprint density at radius 2 is 1.40 bits per heavy atom. The number of carbonyl (C=O) groups excluding carboxylic acids is 2. The summed E-state index contributed by atoms with van der Waals surface area (Å²) in [5, 5.41) is 2.61. The molecule has 0 spiro atoms. The summed E-state index contributed by atoms with van der Waals surface area (Å²) < 4.78 is 8.21. The van der Waals surface area contributed by atoms with Gasteiger partial charge in [0.2, 0.25) is 0 Å². The van der Waals surface area contributed by atoms with Crippen LogP contribution in [0.5, 0.6) is 0 Å². The van der Waals surface area contributed by atoms with E-state index in [9.17, 15) is 9.59 Å². The van der Waals surface area contributed by atoms with Crippen LogP contribution in [0.3, 0.4) is 0 Å². The maximum atomic E-state index is 14.4. The Morgan fingerprint density at radius 1 is 0.814 bits per heavy atom. The molecule has 226 valence electrons. The van der Waals surface area contributed by atoms with Crippen molar-refractivity contribution in [3.05, 3.63) is 83.9 Å². The number of hydrogen-bond donors (Lipinski definition) is 0. The zero-order valence-corrected chi connectivity index (χ0v) is 26.1. The van der Waals surface area contributed by atoms with Crippen molar-refractivity contribution in [3.63, 3.8) is 0 Å². The van der Waals surface area contributed by atoms with Gasteiger partial charge in [0.15, 0.2) is 0 Å². The lowest BCUT2D eigenvalue weighted by atomic mass is 9.91. The van der Waals surface area contributed by atoms with E-state index in [1.807, 2.05) is 43.9 Å². The molecule has 43 heavy (non-hydrogen) atoms. The first-order chi connectivity index (χ1) is 20.6. The average Bonchev–Trinajstić information content (AvgIpc) is 3.29. The van der Waals surface area contributed by atoms with Gasteiger partial charge in [-0.1, -0.05) is 60.7 Å². The predicted octanol–water partition coefficient (Wildman–Crippen LogP) is 6.64. The lowest BCUT2D eigenvalue weighted by Gasteiger charge is -2.47. The number of nitrogens with zero attached hydrogens (tertiary/aromatic N) is 4. The molecule has 7 nitrogen and oxygen atoms in total. The third kappa shape index (κ3) is 5.75. The molecule has 2 amide bonds. The molecule has 0 radical (unpaired) electrons. The van der Waals surface area contributed by atoms with E-state index >= 15 is 0 Å². The van der Waals surface area contributed by atoms with E-state index in [0.717, 1.165) is 43.7 Å². The number of benzene rings is 3. The molecule has 1 unspecified atom stereocenters. The van der Waals surface area contributed by atoms with E-state index in [0.29, 0.717) is 13.0 Å². The average molecular weight is 581 g/mol. The number of fused-ring (bicyclic) bond motifs is 4. The monoisotopic (exact) mass is 580 g/mol. The van der Waals surface area contributed by atoms with Crippen molar-refractivity contribution >= 4 is 33.8 Å². The van der Waals surface area contributed by atoms with Crippen molar-refractivity contribution in [2.24, 2.45) is 0 Å². The van der Waals surface area contributed by atoms with Gasteiger partial charge in [-0.05, 0) is 70.7 Å². The van der Waals surface area contributed by atoms with E-state index in [1.54, 1.807) is 4.90 Å². The first kappa shape index (κ1) is 29.2. The molecule has 1 fully saturated rings. The van der Waals surface area contributed by atoms with Gasteiger partial charge < -0.3 is 14.2 Å². The second kappa shape index (κ2) is 11.7. The Morgan fingerprint density at radius 3 is 2.02 bits per heavy atom. The largest absolute Gasteiger partial charge is 0.444 e. The highest BCUT2D eigenvalue weighted by atomic mass is 16.6. The minimum Gasteiger partial charge on any atom is -0.444 e. The summed E-state index contributed by atoms with van der Waals surface area (Å²) in [6.07, 6.45) is 1.31. The fourth-order valence-electron chi connectivity index (χ4n) is 7.24. The second-order valence-electron chi connectivity index (χ2n) is 13.3. The molecular formula is C36H44N4O3. The SMILES string of the molecule is C[C@@H]1CN(CCCn2c3ccccc3c3ccccc32)C[C@H](C)N1C(=O)C1c2ccccc2CCN1C(=O)OC(C)(C)C. The van der Waals surface area contributed by atoms with Crippen molar-refractivity contribution in [1.29, 1.82) is 0 Å². The van der Waals surface area contributed by atoms with Gasteiger partial charge in [-0.25, -0.2) is 4.79 Å². The molecule has 2 aliphatic heterocycles. The highest BCUT2D eigenvalue weighted by molar-refractivity contribution is 6.07. The molecule has 1 saturated heterocycles. The van der Waals surface area contributed by atoms with Gasteiger partial charge in [-0.2, -0.15) is 0 Å². The fraction of sp³-hybridized carbons (Fsp3) is 0.444. The third-order valence-corrected chi connectivity index (χ3v) is 8.93. The van der Waals surface area contributed by atoms with Gasteiger partial charge in [0, 0.05) is 66.6 Å². The summed E-state index contributed by atoms with van der Waals surface area (Å²) in [4.78, 5) is 33.9. The zero-order valence-electron chi connectivity index (χ0n) is 26.1. The number of hydrogen-bond acceptors (Lipinski definition) is 4. The third-order valence-electron chi connectivity index (χ3n) is 8.93.